The minimum absolute atomic E-state index is 0.0208. The number of carbonyl (C=O) groups is 1. The van der Waals surface area contributed by atoms with E-state index in [0.29, 0.717) is 17.5 Å². The summed E-state index contributed by atoms with van der Waals surface area (Å²) >= 11 is 9.38. The molecule has 0 bridgehead atoms. The number of carbonyl (C=O) groups excluding carboxylic acids is 1. The number of hydrogen-bond acceptors (Lipinski definition) is 2. The Hall–Kier alpha value is -0.740. The lowest BCUT2D eigenvalue weighted by Crippen LogP contribution is -2.41. The second-order valence-electron chi connectivity index (χ2n) is 4.16. The maximum atomic E-state index is 11.9. The van der Waals surface area contributed by atoms with E-state index < -0.39 is 0 Å². The van der Waals surface area contributed by atoms with Crippen LogP contribution in [0.25, 0.3) is 0 Å². The Labute approximate surface area is 114 Å². The van der Waals surface area contributed by atoms with Gasteiger partial charge in [-0.25, -0.2) is 0 Å². The molecule has 1 aliphatic heterocycles. The zero-order valence-electron chi connectivity index (χ0n) is 9.45. The molecule has 0 fully saturated rings. The molecule has 1 aliphatic rings. The quantitative estimate of drug-likeness (QED) is 0.802. The SMILES string of the molecule is CC(CBr)CN1C(=O)COc2ccc(Cl)cc21. The van der Waals surface area contributed by atoms with Gasteiger partial charge in [-0.05, 0) is 24.1 Å². The number of hydrogen-bond donors (Lipinski definition) is 0. The molecule has 1 atom stereocenters. The molecule has 0 aliphatic carbocycles. The van der Waals surface area contributed by atoms with Gasteiger partial charge in [-0.15, -0.1) is 0 Å². The molecular weight excluding hydrogens is 305 g/mol. The second-order valence-corrected chi connectivity index (χ2v) is 5.25. The molecule has 17 heavy (non-hydrogen) atoms. The molecule has 0 spiro atoms. The van der Waals surface area contributed by atoms with E-state index in [1.54, 1.807) is 23.1 Å². The number of benzene rings is 1. The lowest BCUT2D eigenvalue weighted by atomic mass is 10.1. The number of ether oxygens (including phenoxy) is 1. The molecule has 1 aromatic carbocycles. The Morgan fingerprint density at radius 2 is 2.35 bits per heavy atom. The van der Waals surface area contributed by atoms with Gasteiger partial charge in [0.25, 0.3) is 5.91 Å². The van der Waals surface area contributed by atoms with Crippen LogP contribution in [0.1, 0.15) is 6.92 Å². The van der Waals surface area contributed by atoms with E-state index in [9.17, 15) is 4.79 Å². The van der Waals surface area contributed by atoms with Crippen molar-refractivity contribution >= 4 is 39.1 Å². The summed E-state index contributed by atoms with van der Waals surface area (Å²) in [4.78, 5) is 13.6. The summed E-state index contributed by atoms with van der Waals surface area (Å²) < 4.78 is 5.37. The number of rotatable bonds is 3. The molecule has 0 aromatic heterocycles. The number of amides is 1. The van der Waals surface area contributed by atoms with Gasteiger partial charge in [-0.1, -0.05) is 34.5 Å². The van der Waals surface area contributed by atoms with Crippen LogP contribution in [-0.2, 0) is 4.79 Å². The monoisotopic (exact) mass is 317 g/mol. The van der Waals surface area contributed by atoms with Gasteiger partial charge in [0, 0.05) is 16.9 Å². The Kier molecular flexibility index (Phi) is 3.94. The molecule has 92 valence electrons. The van der Waals surface area contributed by atoms with Gasteiger partial charge in [0.15, 0.2) is 6.61 Å². The predicted octanol–water partition coefficient (Wildman–Crippen LogP) is 3.10. The average Bonchev–Trinajstić information content (AvgIpc) is 2.32. The maximum Gasteiger partial charge on any atom is 0.265 e. The van der Waals surface area contributed by atoms with Crippen LogP contribution in [0.5, 0.6) is 5.75 Å². The highest BCUT2D eigenvalue weighted by Crippen LogP contribution is 2.34. The lowest BCUT2D eigenvalue weighted by Gasteiger charge is -2.31. The number of fused-ring (bicyclic) bond motifs is 1. The van der Waals surface area contributed by atoms with Crippen molar-refractivity contribution < 1.29 is 9.53 Å². The fourth-order valence-electron chi connectivity index (χ4n) is 1.74. The summed E-state index contributed by atoms with van der Waals surface area (Å²) in [6.07, 6.45) is 0. The zero-order valence-corrected chi connectivity index (χ0v) is 11.8. The van der Waals surface area contributed by atoms with Crippen molar-refractivity contribution in [1.82, 2.24) is 0 Å². The molecule has 0 radical (unpaired) electrons. The number of alkyl halides is 1. The van der Waals surface area contributed by atoms with E-state index in [-0.39, 0.29) is 12.5 Å². The molecule has 0 saturated heterocycles. The standard InChI is InChI=1S/C12H13BrClNO2/c1-8(5-13)6-15-10-4-9(14)2-3-11(10)17-7-12(15)16/h2-4,8H,5-7H2,1H3. The van der Waals surface area contributed by atoms with Crippen LogP contribution in [0.2, 0.25) is 5.02 Å². The minimum atomic E-state index is -0.0208. The first-order chi connectivity index (χ1) is 8.11. The Morgan fingerprint density at radius 3 is 3.06 bits per heavy atom. The van der Waals surface area contributed by atoms with Crippen LogP contribution >= 0.6 is 27.5 Å². The fourth-order valence-corrected chi connectivity index (χ4v) is 2.11. The van der Waals surface area contributed by atoms with Crippen molar-refractivity contribution in [3.63, 3.8) is 0 Å². The van der Waals surface area contributed by atoms with Crippen molar-refractivity contribution in [2.45, 2.75) is 6.92 Å². The zero-order chi connectivity index (χ0) is 12.4. The van der Waals surface area contributed by atoms with E-state index in [1.165, 1.54) is 0 Å². The lowest BCUT2D eigenvalue weighted by molar-refractivity contribution is -0.121. The van der Waals surface area contributed by atoms with Gasteiger partial charge in [-0.2, -0.15) is 0 Å². The second kappa shape index (κ2) is 5.27. The van der Waals surface area contributed by atoms with E-state index in [1.807, 2.05) is 0 Å². The topological polar surface area (TPSA) is 29.5 Å². The number of halogens is 2. The fraction of sp³-hybridized carbons (Fsp3) is 0.417. The van der Waals surface area contributed by atoms with Gasteiger partial charge < -0.3 is 9.64 Å². The number of anilines is 1. The Morgan fingerprint density at radius 1 is 1.59 bits per heavy atom. The highest BCUT2D eigenvalue weighted by atomic mass is 79.9. The average molecular weight is 319 g/mol. The van der Waals surface area contributed by atoms with Crippen molar-refractivity contribution in [1.29, 1.82) is 0 Å². The number of nitrogens with zero attached hydrogens (tertiary/aromatic N) is 1. The van der Waals surface area contributed by atoms with Crippen molar-refractivity contribution in [3.05, 3.63) is 23.2 Å². The molecule has 5 heteroatoms. The third-order valence-electron chi connectivity index (χ3n) is 2.62. The van der Waals surface area contributed by atoms with Gasteiger partial charge >= 0.3 is 0 Å². The summed E-state index contributed by atoms with van der Waals surface area (Å²) in [5.74, 6) is 1.08. The first-order valence-electron chi connectivity index (χ1n) is 5.40. The van der Waals surface area contributed by atoms with E-state index in [0.717, 1.165) is 16.8 Å². The molecule has 2 rings (SSSR count). The first-order valence-corrected chi connectivity index (χ1v) is 6.90. The molecule has 0 saturated carbocycles. The minimum Gasteiger partial charge on any atom is -0.482 e. The summed E-state index contributed by atoms with van der Waals surface area (Å²) in [6, 6.07) is 5.34. The molecule has 3 nitrogen and oxygen atoms in total. The summed E-state index contributed by atoms with van der Waals surface area (Å²) in [6.45, 7) is 2.85. The van der Waals surface area contributed by atoms with Crippen LogP contribution in [-0.4, -0.2) is 24.4 Å². The molecule has 1 unspecified atom stereocenters. The normalized spacial score (nSPS) is 16.4. The molecule has 1 heterocycles. The van der Waals surface area contributed by atoms with Crippen LogP contribution in [0.4, 0.5) is 5.69 Å². The molecule has 1 aromatic rings. The maximum absolute atomic E-state index is 11.9. The van der Waals surface area contributed by atoms with Gasteiger partial charge in [-0.3, -0.25) is 4.79 Å². The molecule has 0 N–H and O–H groups in total. The molecular formula is C12H13BrClNO2. The van der Waals surface area contributed by atoms with E-state index in [2.05, 4.69) is 22.9 Å². The predicted molar refractivity (Wildman–Crippen MR) is 72.3 cm³/mol. The van der Waals surface area contributed by atoms with Crippen LogP contribution in [0, 0.1) is 5.92 Å². The smallest absolute Gasteiger partial charge is 0.265 e. The summed E-state index contributed by atoms with van der Waals surface area (Å²) in [5, 5.41) is 1.46. The van der Waals surface area contributed by atoms with Gasteiger partial charge in [0.1, 0.15) is 5.75 Å². The third kappa shape index (κ3) is 2.75. The first kappa shape index (κ1) is 12.7. The van der Waals surface area contributed by atoms with Crippen molar-refractivity contribution in [2.75, 3.05) is 23.4 Å². The van der Waals surface area contributed by atoms with E-state index in [4.69, 9.17) is 16.3 Å². The van der Waals surface area contributed by atoms with Gasteiger partial charge in [0.05, 0.1) is 5.69 Å². The van der Waals surface area contributed by atoms with Gasteiger partial charge in [0.2, 0.25) is 0 Å². The summed E-state index contributed by atoms with van der Waals surface area (Å²) in [5.41, 5.74) is 0.765. The third-order valence-corrected chi connectivity index (χ3v) is 3.96. The summed E-state index contributed by atoms with van der Waals surface area (Å²) in [7, 11) is 0. The highest BCUT2D eigenvalue weighted by molar-refractivity contribution is 9.09. The highest BCUT2D eigenvalue weighted by Gasteiger charge is 2.26. The Bertz CT molecular complexity index is 439. The molecule has 1 amide bonds. The van der Waals surface area contributed by atoms with Crippen molar-refractivity contribution in [2.24, 2.45) is 5.92 Å². The van der Waals surface area contributed by atoms with Crippen molar-refractivity contribution in [3.8, 4) is 5.75 Å². The van der Waals surface area contributed by atoms with Crippen LogP contribution < -0.4 is 9.64 Å². The van der Waals surface area contributed by atoms with E-state index >= 15 is 0 Å². The van der Waals surface area contributed by atoms with Crippen LogP contribution in [0.15, 0.2) is 18.2 Å². The Balaban J connectivity index is 2.32. The van der Waals surface area contributed by atoms with Crippen LogP contribution in [0.3, 0.4) is 0 Å². The largest absolute Gasteiger partial charge is 0.482 e.